The standard InChI is InChI=1S/C12H14N2O2/c1-14-11(15)6-10(13-12(14)16)9-5-7-2-3-8(9)4-7/h2-3,6-9H,4-5H2,1H3,(H,13,16). The fraction of sp³-hybridized carbons (Fsp3) is 0.500. The van der Waals surface area contributed by atoms with Crippen molar-refractivity contribution < 1.29 is 0 Å². The Morgan fingerprint density at radius 2 is 2.12 bits per heavy atom. The zero-order chi connectivity index (χ0) is 11.3. The number of aromatic amines is 1. The molecule has 16 heavy (non-hydrogen) atoms. The second kappa shape index (κ2) is 3.20. The van der Waals surface area contributed by atoms with E-state index in [-0.39, 0.29) is 11.2 Å². The van der Waals surface area contributed by atoms with Crippen molar-refractivity contribution in [3.8, 4) is 0 Å². The SMILES string of the molecule is Cn1c(=O)cc(C2CC3C=CC2C3)[nH]c1=O. The number of nitrogens with zero attached hydrogens (tertiary/aromatic N) is 1. The normalized spacial score (nSPS) is 31.2. The van der Waals surface area contributed by atoms with Crippen molar-refractivity contribution in [2.45, 2.75) is 18.8 Å². The Morgan fingerprint density at radius 1 is 1.31 bits per heavy atom. The van der Waals surface area contributed by atoms with Crippen LogP contribution in [0, 0.1) is 11.8 Å². The summed E-state index contributed by atoms with van der Waals surface area (Å²) in [5.74, 6) is 1.48. The zero-order valence-electron chi connectivity index (χ0n) is 9.14. The number of aromatic nitrogens is 2. The van der Waals surface area contributed by atoms with Crippen LogP contribution in [0.3, 0.4) is 0 Å². The van der Waals surface area contributed by atoms with Crippen molar-refractivity contribution in [3.63, 3.8) is 0 Å². The lowest BCUT2D eigenvalue weighted by Crippen LogP contribution is -2.33. The highest BCUT2D eigenvalue weighted by Gasteiger charge is 2.37. The average Bonchev–Trinajstić information content (AvgIpc) is 2.86. The van der Waals surface area contributed by atoms with Crippen LogP contribution in [0.2, 0.25) is 0 Å². The average molecular weight is 218 g/mol. The summed E-state index contributed by atoms with van der Waals surface area (Å²) in [5.41, 5.74) is 0.282. The Labute approximate surface area is 92.6 Å². The van der Waals surface area contributed by atoms with Crippen LogP contribution in [-0.2, 0) is 7.05 Å². The first-order valence-electron chi connectivity index (χ1n) is 5.64. The summed E-state index contributed by atoms with van der Waals surface area (Å²) < 4.78 is 1.10. The maximum atomic E-state index is 11.5. The third kappa shape index (κ3) is 1.29. The second-order valence-corrected chi connectivity index (χ2v) is 4.81. The molecule has 0 spiro atoms. The summed E-state index contributed by atoms with van der Waals surface area (Å²) in [7, 11) is 1.49. The highest BCUT2D eigenvalue weighted by atomic mass is 16.2. The van der Waals surface area contributed by atoms with Gasteiger partial charge in [0.1, 0.15) is 0 Å². The van der Waals surface area contributed by atoms with Crippen LogP contribution in [0.1, 0.15) is 24.5 Å². The third-order valence-electron chi connectivity index (χ3n) is 3.84. The zero-order valence-corrected chi connectivity index (χ0v) is 9.14. The Kier molecular flexibility index (Phi) is 1.93. The second-order valence-electron chi connectivity index (χ2n) is 4.81. The van der Waals surface area contributed by atoms with Gasteiger partial charge in [0.05, 0.1) is 0 Å². The minimum atomic E-state index is -0.311. The molecule has 3 unspecified atom stereocenters. The lowest BCUT2D eigenvalue weighted by Gasteiger charge is -2.17. The van der Waals surface area contributed by atoms with E-state index in [1.165, 1.54) is 13.5 Å². The molecular weight excluding hydrogens is 204 g/mol. The van der Waals surface area contributed by atoms with Crippen LogP contribution in [0.4, 0.5) is 0 Å². The quantitative estimate of drug-likeness (QED) is 0.707. The predicted octanol–water partition coefficient (Wildman–Crippen LogP) is 0.753. The summed E-state index contributed by atoms with van der Waals surface area (Å²) in [6.45, 7) is 0. The smallest absolute Gasteiger partial charge is 0.311 e. The summed E-state index contributed by atoms with van der Waals surface area (Å²) in [6.07, 6.45) is 6.70. The molecule has 4 heteroatoms. The summed E-state index contributed by atoms with van der Waals surface area (Å²) in [4.78, 5) is 25.9. The Morgan fingerprint density at radius 3 is 2.69 bits per heavy atom. The molecule has 1 heterocycles. The van der Waals surface area contributed by atoms with E-state index < -0.39 is 0 Å². The summed E-state index contributed by atoms with van der Waals surface area (Å²) in [6, 6.07) is 1.57. The molecule has 2 aliphatic carbocycles. The van der Waals surface area contributed by atoms with Gasteiger partial charge < -0.3 is 4.98 Å². The Bertz CT molecular complexity index is 536. The molecule has 4 nitrogen and oxygen atoms in total. The minimum absolute atomic E-state index is 0.217. The molecule has 3 rings (SSSR count). The van der Waals surface area contributed by atoms with Crippen molar-refractivity contribution in [1.82, 2.24) is 9.55 Å². The van der Waals surface area contributed by atoms with E-state index in [1.54, 1.807) is 6.07 Å². The molecule has 0 aromatic carbocycles. The van der Waals surface area contributed by atoms with Crippen LogP contribution in [-0.4, -0.2) is 9.55 Å². The van der Waals surface area contributed by atoms with Gasteiger partial charge in [0.15, 0.2) is 0 Å². The molecule has 1 saturated carbocycles. The minimum Gasteiger partial charge on any atom is -0.311 e. The van der Waals surface area contributed by atoms with E-state index in [1.807, 2.05) is 0 Å². The summed E-state index contributed by atoms with van der Waals surface area (Å²) in [5, 5.41) is 0. The number of hydrogen-bond donors (Lipinski definition) is 1. The van der Waals surface area contributed by atoms with Crippen LogP contribution >= 0.6 is 0 Å². The van der Waals surface area contributed by atoms with Gasteiger partial charge in [-0.2, -0.15) is 0 Å². The molecular formula is C12H14N2O2. The van der Waals surface area contributed by atoms with Crippen molar-refractivity contribution in [2.75, 3.05) is 0 Å². The van der Waals surface area contributed by atoms with Crippen LogP contribution in [0.15, 0.2) is 27.8 Å². The van der Waals surface area contributed by atoms with Crippen LogP contribution < -0.4 is 11.2 Å². The molecule has 2 aliphatic rings. The number of H-pyrrole nitrogens is 1. The lowest BCUT2D eigenvalue weighted by atomic mass is 9.90. The van der Waals surface area contributed by atoms with E-state index >= 15 is 0 Å². The first-order chi connectivity index (χ1) is 7.65. The van der Waals surface area contributed by atoms with Gasteiger partial charge in [0.2, 0.25) is 0 Å². The predicted molar refractivity (Wildman–Crippen MR) is 60.4 cm³/mol. The molecule has 1 aromatic heterocycles. The Hall–Kier alpha value is -1.58. The van der Waals surface area contributed by atoms with Gasteiger partial charge in [-0.05, 0) is 24.7 Å². The highest BCUT2D eigenvalue weighted by Crippen LogP contribution is 2.47. The fourth-order valence-corrected chi connectivity index (χ4v) is 2.91. The monoisotopic (exact) mass is 218 g/mol. The van der Waals surface area contributed by atoms with Crippen molar-refractivity contribution >= 4 is 0 Å². The van der Waals surface area contributed by atoms with Gasteiger partial charge in [-0.25, -0.2) is 4.79 Å². The molecule has 1 aromatic rings. The topological polar surface area (TPSA) is 54.9 Å². The van der Waals surface area contributed by atoms with E-state index in [0.29, 0.717) is 17.8 Å². The summed E-state index contributed by atoms with van der Waals surface area (Å²) >= 11 is 0. The van der Waals surface area contributed by atoms with Crippen molar-refractivity contribution in [1.29, 1.82) is 0 Å². The first-order valence-corrected chi connectivity index (χ1v) is 5.64. The molecule has 0 amide bonds. The Balaban J connectivity index is 2.05. The van der Waals surface area contributed by atoms with Gasteiger partial charge in [0.25, 0.3) is 5.56 Å². The molecule has 1 fully saturated rings. The molecule has 3 atom stereocenters. The van der Waals surface area contributed by atoms with Crippen molar-refractivity contribution in [3.05, 3.63) is 44.8 Å². The number of rotatable bonds is 1. The van der Waals surface area contributed by atoms with E-state index in [2.05, 4.69) is 17.1 Å². The van der Waals surface area contributed by atoms with E-state index in [4.69, 9.17) is 0 Å². The van der Waals surface area contributed by atoms with Gasteiger partial charge in [0, 0.05) is 24.7 Å². The van der Waals surface area contributed by atoms with Crippen LogP contribution in [0.25, 0.3) is 0 Å². The van der Waals surface area contributed by atoms with Gasteiger partial charge in [-0.15, -0.1) is 0 Å². The molecule has 0 aliphatic heterocycles. The number of hydrogen-bond acceptors (Lipinski definition) is 2. The maximum absolute atomic E-state index is 11.5. The van der Waals surface area contributed by atoms with Gasteiger partial charge in [-0.3, -0.25) is 9.36 Å². The number of allylic oxidation sites excluding steroid dienone is 2. The number of fused-ring (bicyclic) bond motifs is 2. The first kappa shape index (κ1) is 9.63. The van der Waals surface area contributed by atoms with Gasteiger partial charge in [-0.1, -0.05) is 12.2 Å². The molecule has 0 radical (unpaired) electrons. The fourth-order valence-electron chi connectivity index (χ4n) is 2.91. The number of nitrogens with one attached hydrogen (secondary N) is 1. The lowest BCUT2D eigenvalue weighted by molar-refractivity contribution is 0.559. The maximum Gasteiger partial charge on any atom is 0.328 e. The largest absolute Gasteiger partial charge is 0.328 e. The van der Waals surface area contributed by atoms with Gasteiger partial charge >= 0.3 is 5.69 Å². The molecule has 0 saturated heterocycles. The highest BCUT2D eigenvalue weighted by molar-refractivity contribution is 5.21. The third-order valence-corrected chi connectivity index (χ3v) is 3.84. The van der Waals surface area contributed by atoms with Crippen molar-refractivity contribution in [2.24, 2.45) is 18.9 Å². The van der Waals surface area contributed by atoms with E-state index in [0.717, 1.165) is 16.7 Å². The molecule has 84 valence electrons. The molecule has 2 bridgehead atoms. The van der Waals surface area contributed by atoms with E-state index in [9.17, 15) is 9.59 Å². The van der Waals surface area contributed by atoms with Crippen LogP contribution in [0.5, 0.6) is 0 Å². The molecule has 1 N–H and O–H groups in total.